The van der Waals surface area contributed by atoms with Crippen LogP contribution in [0.15, 0.2) is 29.8 Å². The second kappa shape index (κ2) is 15.4. The molecule has 2 aromatic rings. The van der Waals surface area contributed by atoms with Gasteiger partial charge in [0.15, 0.2) is 0 Å². The Morgan fingerprint density at radius 2 is 1.79 bits per heavy atom. The van der Waals surface area contributed by atoms with Crippen LogP contribution in [-0.2, 0) is 25.7 Å². The van der Waals surface area contributed by atoms with Crippen LogP contribution in [0.1, 0.15) is 77.0 Å². The molecule has 3 rings (SSSR count). The highest BCUT2D eigenvalue weighted by Gasteiger charge is 2.47. The Morgan fingerprint density at radius 1 is 1.12 bits per heavy atom. The summed E-state index contributed by atoms with van der Waals surface area (Å²) in [7, 11) is 1.56. The Labute approximate surface area is 258 Å². The molecule has 0 radical (unpaired) electrons. The Morgan fingerprint density at radius 3 is 2.37 bits per heavy atom. The number of nitrogens with zero attached hydrogens (tertiary/aromatic N) is 2. The summed E-state index contributed by atoms with van der Waals surface area (Å²) in [6.45, 7) is 8.08. The van der Waals surface area contributed by atoms with Crippen LogP contribution in [0.3, 0.4) is 0 Å². The largest absolute Gasteiger partial charge is 0.391 e. The molecule has 1 aromatic heterocycles. The highest BCUT2D eigenvalue weighted by atomic mass is 32.1. The average Bonchev–Trinajstić information content (AvgIpc) is 3.56. The number of aliphatic hydroxyl groups excluding tert-OH is 1. The molecule has 236 valence electrons. The van der Waals surface area contributed by atoms with Crippen LogP contribution in [0.5, 0.6) is 0 Å². The number of nitrogens with two attached hydrogens (primary N) is 1. The van der Waals surface area contributed by atoms with Gasteiger partial charge >= 0.3 is 0 Å². The summed E-state index contributed by atoms with van der Waals surface area (Å²) in [5.41, 5.74) is 9.43. The molecule has 1 aliphatic heterocycles. The molecule has 1 fully saturated rings. The third-order valence-electron chi connectivity index (χ3n) is 8.17. The number of carbonyl (C=O) groups excluding carboxylic acids is 4. The number of β-amino-alcohol motifs (C(OH)–C–C–N with tert-alkyl or cyclic N) is 1. The molecule has 5 N–H and O–H groups in total. The maximum absolute atomic E-state index is 14.2. The SMILES string of the molecule is CNC(=O)C(CCCCCCC(N)=O)[C@H](C(=O)N1C[C@H](O)C[C@H]1C(=O)NCc1ccc(-c2scnc2C)cc1)C(C)(C)C. The summed E-state index contributed by atoms with van der Waals surface area (Å²) >= 11 is 1.58. The molecule has 1 aromatic carbocycles. The summed E-state index contributed by atoms with van der Waals surface area (Å²) in [6, 6.07) is 7.09. The standard InChI is InChI=1S/C32H47N5O5S/c1-20-28(43-19-36-20)22-14-12-21(13-15-22)17-35-30(41)25-16-23(38)18-37(25)31(42)27(32(2,3)4)24(29(40)34-5)10-8-6-7-9-11-26(33)39/h12-15,19,23-25,27,38H,6-11,16-18H2,1-5H3,(H2,33,39)(H,34,40)(H,35,41)/t23-,24?,25+,27-/m1/s1. The number of rotatable bonds is 14. The monoisotopic (exact) mass is 613 g/mol. The maximum Gasteiger partial charge on any atom is 0.243 e. The van der Waals surface area contributed by atoms with Crippen LogP contribution in [0.4, 0.5) is 0 Å². The highest BCUT2D eigenvalue weighted by Crippen LogP contribution is 2.38. The number of unbranched alkanes of at least 4 members (excludes halogenated alkanes) is 3. The summed E-state index contributed by atoms with van der Waals surface area (Å²) in [6.07, 6.45) is 3.17. The van der Waals surface area contributed by atoms with Crippen molar-refractivity contribution < 1.29 is 24.3 Å². The van der Waals surface area contributed by atoms with Crippen molar-refractivity contribution in [2.45, 2.75) is 91.3 Å². The number of aryl methyl sites for hydroxylation is 1. The number of primary amides is 1. The number of thiazole rings is 1. The highest BCUT2D eigenvalue weighted by molar-refractivity contribution is 7.13. The van der Waals surface area contributed by atoms with Gasteiger partial charge in [-0.2, -0.15) is 0 Å². The van der Waals surface area contributed by atoms with Gasteiger partial charge in [0.25, 0.3) is 0 Å². The zero-order valence-corrected chi connectivity index (χ0v) is 26.8. The van der Waals surface area contributed by atoms with Crippen molar-refractivity contribution in [2.24, 2.45) is 23.0 Å². The molecular weight excluding hydrogens is 566 g/mol. The van der Waals surface area contributed by atoms with Crippen molar-refractivity contribution >= 4 is 35.0 Å². The number of likely N-dealkylation sites (tertiary alicyclic amines) is 1. The lowest BCUT2D eigenvalue weighted by Crippen LogP contribution is -2.53. The molecule has 11 heteroatoms. The van der Waals surface area contributed by atoms with E-state index in [1.54, 1.807) is 18.4 Å². The summed E-state index contributed by atoms with van der Waals surface area (Å²) in [4.78, 5) is 58.6. The maximum atomic E-state index is 14.2. The van der Waals surface area contributed by atoms with Crippen molar-refractivity contribution in [1.29, 1.82) is 0 Å². The van der Waals surface area contributed by atoms with Crippen molar-refractivity contribution in [1.82, 2.24) is 20.5 Å². The Kier molecular flexibility index (Phi) is 12.3. The Balaban J connectivity index is 1.70. The number of aromatic nitrogens is 1. The predicted molar refractivity (Wildman–Crippen MR) is 168 cm³/mol. The second-order valence-electron chi connectivity index (χ2n) is 12.6. The first kappa shape index (κ1) is 34.2. The zero-order chi connectivity index (χ0) is 31.7. The van der Waals surface area contributed by atoms with Gasteiger partial charge in [0, 0.05) is 33.0 Å². The van der Waals surface area contributed by atoms with E-state index in [4.69, 9.17) is 5.73 Å². The van der Waals surface area contributed by atoms with Gasteiger partial charge in [-0.3, -0.25) is 19.2 Å². The van der Waals surface area contributed by atoms with E-state index in [1.807, 2.05) is 57.5 Å². The smallest absolute Gasteiger partial charge is 0.243 e. The van der Waals surface area contributed by atoms with Gasteiger partial charge in [0.1, 0.15) is 6.04 Å². The number of carbonyl (C=O) groups is 4. The van der Waals surface area contributed by atoms with Gasteiger partial charge in [-0.25, -0.2) is 4.98 Å². The molecule has 4 amide bonds. The van der Waals surface area contributed by atoms with Crippen LogP contribution in [0.25, 0.3) is 10.4 Å². The molecule has 0 spiro atoms. The number of aliphatic hydroxyl groups is 1. The fraction of sp³-hybridized carbons (Fsp3) is 0.594. The van der Waals surface area contributed by atoms with E-state index in [2.05, 4.69) is 15.6 Å². The molecule has 4 atom stereocenters. The van der Waals surface area contributed by atoms with Crippen molar-refractivity contribution in [2.75, 3.05) is 13.6 Å². The lowest BCUT2D eigenvalue weighted by atomic mass is 9.70. The molecule has 43 heavy (non-hydrogen) atoms. The normalized spacial score (nSPS) is 18.2. The van der Waals surface area contributed by atoms with Crippen molar-refractivity contribution in [3.05, 3.63) is 41.0 Å². The topological polar surface area (TPSA) is 155 Å². The van der Waals surface area contributed by atoms with Crippen molar-refractivity contribution in [3.8, 4) is 10.4 Å². The first-order valence-electron chi connectivity index (χ1n) is 15.1. The second-order valence-corrected chi connectivity index (χ2v) is 13.4. The molecule has 10 nitrogen and oxygen atoms in total. The molecule has 1 saturated heterocycles. The third-order valence-corrected chi connectivity index (χ3v) is 9.14. The van der Waals surface area contributed by atoms with Gasteiger partial charge in [0.2, 0.25) is 23.6 Å². The molecule has 0 bridgehead atoms. The zero-order valence-electron chi connectivity index (χ0n) is 26.0. The quantitative estimate of drug-likeness (QED) is 0.239. The van der Waals surface area contributed by atoms with Crippen molar-refractivity contribution in [3.63, 3.8) is 0 Å². The molecule has 1 aliphatic rings. The van der Waals surface area contributed by atoms with E-state index >= 15 is 0 Å². The van der Waals surface area contributed by atoms with E-state index < -0.39 is 29.4 Å². The van der Waals surface area contributed by atoms with E-state index in [0.717, 1.165) is 34.5 Å². The molecule has 0 saturated carbocycles. The average molecular weight is 614 g/mol. The van der Waals surface area contributed by atoms with Gasteiger partial charge in [-0.1, -0.05) is 64.3 Å². The van der Waals surface area contributed by atoms with Crippen LogP contribution in [0.2, 0.25) is 0 Å². The predicted octanol–water partition coefficient (Wildman–Crippen LogP) is 3.55. The molecule has 1 unspecified atom stereocenters. The summed E-state index contributed by atoms with van der Waals surface area (Å²) < 4.78 is 0. The molecule has 2 heterocycles. The fourth-order valence-corrected chi connectivity index (χ4v) is 6.75. The van der Waals surface area contributed by atoms with E-state index in [0.29, 0.717) is 25.7 Å². The van der Waals surface area contributed by atoms with Gasteiger partial charge in [-0.15, -0.1) is 11.3 Å². The minimum absolute atomic E-state index is 0.0416. The lowest BCUT2D eigenvalue weighted by molar-refractivity contribution is -0.150. The van der Waals surface area contributed by atoms with Gasteiger partial charge in [-0.05, 0) is 36.3 Å². The number of nitrogens with one attached hydrogen (secondary N) is 2. The summed E-state index contributed by atoms with van der Waals surface area (Å²) in [5, 5.41) is 16.2. The van der Waals surface area contributed by atoms with Gasteiger partial charge in [0.05, 0.1) is 34.0 Å². The van der Waals surface area contributed by atoms with E-state index in [-0.39, 0.29) is 43.1 Å². The minimum Gasteiger partial charge on any atom is -0.391 e. The van der Waals surface area contributed by atoms with Crippen LogP contribution < -0.4 is 16.4 Å². The Hall–Kier alpha value is -3.31. The molecular formula is C32H47N5O5S. The first-order valence-corrected chi connectivity index (χ1v) is 16.0. The first-order chi connectivity index (χ1) is 20.3. The lowest BCUT2D eigenvalue weighted by Gasteiger charge is -2.39. The summed E-state index contributed by atoms with van der Waals surface area (Å²) in [5.74, 6) is -2.46. The van der Waals surface area contributed by atoms with Crippen LogP contribution in [-0.4, -0.2) is 64.4 Å². The van der Waals surface area contributed by atoms with E-state index in [1.165, 1.54) is 4.90 Å². The number of benzene rings is 1. The van der Waals surface area contributed by atoms with Crippen LogP contribution >= 0.6 is 11.3 Å². The third kappa shape index (κ3) is 9.34. The number of amides is 4. The van der Waals surface area contributed by atoms with Crippen LogP contribution in [0, 0.1) is 24.2 Å². The minimum atomic E-state index is -0.828. The number of hydrogen-bond donors (Lipinski definition) is 4. The molecule has 0 aliphatic carbocycles. The number of hydrogen-bond acceptors (Lipinski definition) is 7. The van der Waals surface area contributed by atoms with Gasteiger partial charge < -0.3 is 26.4 Å². The Bertz CT molecular complexity index is 1260. The fourth-order valence-electron chi connectivity index (χ4n) is 5.94. The van der Waals surface area contributed by atoms with E-state index in [9.17, 15) is 24.3 Å².